The zero-order valence-corrected chi connectivity index (χ0v) is 7.21. The summed E-state index contributed by atoms with van der Waals surface area (Å²) in [5.74, 6) is 0. The second-order valence-corrected chi connectivity index (χ2v) is 2.53. The van der Waals surface area contributed by atoms with Gasteiger partial charge in [-0.3, -0.25) is 0 Å². The van der Waals surface area contributed by atoms with Gasteiger partial charge in [0.2, 0.25) is 0 Å². The second kappa shape index (κ2) is 6.52. The summed E-state index contributed by atoms with van der Waals surface area (Å²) >= 11 is -1.83. The Kier molecular flexibility index (Phi) is 7.94. The molecule has 0 aromatic heterocycles. The van der Waals surface area contributed by atoms with Gasteiger partial charge in [-0.15, -0.1) is 0 Å². The molecule has 3 nitrogen and oxygen atoms in total. The van der Waals surface area contributed by atoms with Crippen molar-refractivity contribution in [3.05, 3.63) is 30.3 Å². The van der Waals surface area contributed by atoms with Gasteiger partial charge in [-0.1, -0.05) is 18.2 Å². The SMILES string of the molecule is O.O=S(O)c1ccccc1.[Cu]. The third-order valence-corrected chi connectivity index (χ3v) is 1.62. The van der Waals surface area contributed by atoms with Crippen LogP contribution in [0.15, 0.2) is 35.2 Å². The van der Waals surface area contributed by atoms with Gasteiger partial charge in [0.05, 0.1) is 4.90 Å². The fourth-order valence-electron chi connectivity index (χ4n) is 0.537. The Morgan fingerprint density at radius 3 is 1.91 bits per heavy atom. The molecule has 0 aliphatic rings. The molecule has 11 heavy (non-hydrogen) atoms. The van der Waals surface area contributed by atoms with Crippen LogP contribution in [0.3, 0.4) is 0 Å². The monoisotopic (exact) mass is 223 g/mol. The van der Waals surface area contributed by atoms with Crippen molar-refractivity contribution in [2.45, 2.75) is 4.90 Å². The van der Waals surface area contributed by atoms with Gasteiger partial charge in [0, 0.05) is 17.1 Å². The summed E-state index contributed by atoms with van der Waals surface area (Å²) in [6, 6.07) is 8.47. The first-order valence-corrected chi connectivity index (χ1v) is 3.57. The van der Waals surface area contributed by atoms with E-state index in [2.05, 4.69) is 0 Å². The van der Waals surface area contributed by atoms with E-state index in [1.165, 1.54) is 0 Å². The molecule has 0 amide bonds. The predicted octanol–water partition coefficient (Wildman–Crippen LogP) is 0.440. The summed E-state index contributed by atoms with van der Waals surface area (Å²) in [5, 5.41) is 0. The van der Waals surface area contributed by atoms with E-state index in [4.69, 9.17) is 4.55 Å². The van der Waals surface area contributed by atoms with E-state index < -0.39 is 11.1 Å². The Hall–Kier alpha value is -0.191. The Morgan fingerprint density at radius 2 is 1.64 bits per heavy atom. The average molecular weight is 224 g/mol. The first-order chi connectivity index (χ1) is 4.30. The van der Waals surface area contributed by atoms with E-state index in [0.717, 1.165) is 0 Å². The first kappa shape index (κ1) is 13.4. The van der Waals surface area contributed by atoms with Crippen molar-refractivity contribution >= 4 is 11.1 Å². The van der Waals surface area contributed by atoms with Crippen molar-refractivity contribution < 1.29 is 31.3 Å². The zero-order chi connectivity index (χ0) is 6.69. The van der Waals surface area contributed by atoms with Crippen LogP contribution in [0.25, 0.3) is 0 Å². The normalized spacial score (nSPS) is 10.6. The average Bonchev–Trinajstić information content (AvgIpc) is 1.90. The molecule has 0 heterocycles. The van der Waals surface area contributed by atoms with Crippen LogP contribution >= 0.6 is 0 Å². The molecule has 1 aromatic carbocycles. The van der Waals surface area contributed by atoms with Gasteiger partial charge in [-0.2, -0.15) is 0 Å². The van der Waals surface area contributed by atoms with Crippen LogP contribution in [0.2, 0.25) is 0 Å². The van der Waals surface area contributed by atoms with Gasteiger partial charge in [0.25, 0.3) is 0 Å². The van der Waals surface area contributed by atoms with E-state index in [-0.39, 0.29) is 22.5 Å². The summed E-state index contributed by atoms with van der Waals surface area (Å²) in [4.78, 5) is 0.442. The Morgan fingerprint density at radius 1 is 1.18 bits per heavy atom. The molecule has 0 saturated heterocycles. The van der Waals surface area contributed by atoms with Gasteiger partial charge < -0.3 is 10.0 Å². The summed E-state index contributed by atoms with van der Waals surface area (Å²) in [6.07, 6.45) is 0. The Labute approximate surface area is 77.9 Å². The van der Waals surface area contributed by atoms with Crippen LogP contribution in [-0.4, -0.2) is 14.2 Å². The molecule has 0 spiro atoms. The molecule has 1 aromatic rings. The van der Waals surface area contributed by atoms with Crippen molar-refractivity contribution in [3.8, 4) is 0 Å². The number of rotatable bonds is 1. The van der Waals surface area contributed by atoms with Crippen LogP contribution < -0.4 is 0 Å². The maximum Gasteiger partial charge on any atom is 0.186 e. The van der Waals surface area contributed by atoms with Gasteiger partial charge >= 0.3 is 0 Å². The minimum atomic E-state index is -1.83. The number of hydrogen-bond acceptors (Lipinski definition) is 1. The number of hydrogen-bond donors (Lipinski definition) is 1. The third-order valence-electron chi connectivity index (χ3n) is 0.945. The van der Waals surface area contributed by atoms with E-state index >= 15 is 0 Å². The molecule has 1 rings (SSSR count). The minimum Gasteiger partial charge on any atom is -0.412 e. The summed E-state index contributed by atoms with van der Waals surface area (Å²) in [6.45, 7) is 0. The molecule has 1 radical (unpaired) electrons. The quantitative estimate of drug-likeness (QED) is 0.555. The maximum absolute atomic E-state index is 10.3. The maximum atomic E-state index is 10.3. The molecule has 0 aliphatic carbocycles. The minimum absolute atomic E-state index is 0. The standard InChI is InChI=1S/C6H6O2S.Cu.H2O/c7-9(8)6-4-2-1-3-5-6;;/h1-5H,(H,7,8);;1H2. The van der Waals surface area contributed by atoms with Gasteiger partial charge in [0.15, 0.2) is 11.1 Å². The third kappa shape index (κ3) is 4.29. The molecule has 1 atom stereocenters. The largest absolute Gasteiger partial charge is 0.412 e. The molecular weight excluding hydrogens is 216 g/mol. The molecule has 5 heteroatoms. The van der Waals surface area contributed by atoms with E-state index in [0.29, 0.717) is 4.90 Å². The van der Waals surface area contributed by atoms with Crippen molar-refractivity contribution in [2.24, 2.45) is 0 Å². The van der Waals surface area contributed by atoms with Crippen LogP contribution in [0, 0.1) is 0 Å². The molecule has 67 valence electrons. The fraction of sp³-hybridized carbons (Fsp3) is 0. The predicted molar refractivity (Wildman–Crippen MR) is 39.1 cm³/mol. The molecular formula is C6H8CuO3S. The zero-order valence-electron chi connectivity index (χ0n) is 5.45. The van der Waals surface area contributed by atoms with E-state index in [1.54, 1.807) is 30.3 Å². The number of benzene rings is 1. The molecule has 0 fully saturated rings. The van der Waals surface area contributed by atoms with Crippen molar-refractivity contribution in [3.63, 3.8) is 0 Å². The molecule has 0 aliphatic heterocycles. The molecule has 1 unspecified atom stereocenters. The van der Waals surface area contributed by atoms with Gasteiger partial charge in [0.1, 0.15) is 0 Å². The van der Waals surface area contributed by atoms with Crippen LogP contribution in [0.4, 0.5) is 0 Å². The van der Waals surface area contributed by atoms with Crippen LogP contribution in [0.1, 0.15) is 0 Å². The Bertz CT molecular complexity index is 214. The van der Waals surface area contributed by atoms with Crippen molar-refractivity contribution in [1.82, 2.24) is 0 Å². The summed E-state index contributed by atoms with van der Waals surface area (Å²) in [7, 11) is 0. The van der Waals surface area contributed by atoms with Crippen LogP contribution in [-0.2, 0) is 28.1 Å². The summed E-state index contributed by atoms with van der Waals surface area (Å²) < 4.78 is 18.8. The molecule has 0 bridgehead atoms. The smallest absolute Gasteiger partial charge is 0.186 e. The van der Waals surface area contributed by atoms with Gasteiger partial charge in [-0.05, 0) is 12.1 Å². The van der Waals surface area contributed by atoms with Gasteiger partial charge in [-0.25, -0.2) is 4.21 Å². The second-order valence-electron chi connectivity index (χ2n) is 1.56. The Balaban J connectivity index is 0. The summed E-state index contributed by atoms with van der Waals surface area (Å²) in [5.41, 5.74) is 0. The van der Waals surface area contributed by atoms with Crippen molar-refractivity contribution in [1.29, 1.82) is 0 Å². The fourth-order valence-corrected chi connectivity index (χ4v) is 0.927. The molecule has 0 saturated carbocycles. The van der Waals surface area contributed by atoms with E-state index in [9.17, 15) is 4.21 Å². The van der Waals surface area contributed by atoms with E-state index in [1.807, 2.05) is 0 Å². The van der Waals surface area contributed by atoms with Crippen molar-refractivity contribution in [2.75, 3.05) is 0 Å². The first-order valence-electron chi connectivity index (χ1n) is 2.46. The van der Waals surface area contributed by atoms with Crippen LogP contribution in [0.5, 0.6) is 0 Å². The topological polar surface area (TPSA) is 68.8 Å². The molecule has 3 N–H and O–H groups in total.